The second kappa shape index (κ2) is 4.55. The fraction of sp³-hybridized carbons (Fsp3) is 0.385. The fourth-order valence-corrected chi connectivity index (χ4v) is 2.26. The summed E-state index contributed by atoms with van der Waals surface area (Å²) in [5.74, 6) is 0.608. The number of nitrogens with zero attached hydrogens (tertiary/aromatic N) is 2. The van der Waals surface area contributed by atoms with Gasteiger partial charge in [-0.1, -0.05) is 0 Å². The first-order chi connectivity index (χ1) is 9.17. The van der Waals surface area contributed by atoms with Gasteiger partial charge in [0, 0.05) is 13.0 Å². The minimum absolute atomic E-state index is 0.135. The predicted molar refractivity (Wildman–Crippen MR) is 70.0 cm³/mol. The number of amides is 1. The number of fused-ring (bicyclic) bond motifs is 1. The van der Waals surface area contributed by atoms with E-state index >= 15 is 0 Å². The number of hydrogen-bond acceptors (Lipinski definition) is 5. The van der Waals surface area contributed by atoms with E-state index in [2.05, 4.69) is 4.98 Å². The Balaban J connectivity index is 1.89. The molecule has 1 aliphatic heterocycles. The number of carbonyl (C=O) groups excluding carboxylic acids is 1. The predicted octanol–water partition coefficient (Wildman–Crippen LogP) is 1.81. The maximum Gasteiger partial charge on any atom is 0.414 e. The second-order valence-electron chi connectivity index (χ2n) is 4.58. The number of rotatable bonds is 3. The van der Waals surface area contributed by atoms with Crippen LogP contribution < -0.4 is 10.6 Å². The molecule has 1 saturated heterocycles. The van der Waals surface area contributed by atoms with Crippen LogP contribution in [0.4, 0.5) is 10.5 Å². The molecule has 0 bridgehead atoms. The van der Waals surface area contributed by atoms with Crippen molar-refractivity contribution in [3.05, 3.63) is 24.1 Å². The number of carbonyl (C=O) groups is 1. The highest BCUT2D eigenvalue weighted by Crippen LogP contribution is 2.26. The van der Waals surface area contributed by atoms with Gasteiger partial charge in [-0.2, -0.15) is 0 Å². The lowest BCUT2D eigenvalue weighted by atomic mass is 10.2. The number of hydrogen-bond donors (Lipinski definition) is 1. The normalized spacial score (nSPS) is 19.2. The Morgan fingerprint density at radius 3 is 3.16 bits per heavy atom. The highest BCUT2D eigenvalue weighted by molar-refractivity contribution is 5.92. The summed E-state index contributed by atoms with van der Waals surface area (Å²) in [5, 5.41) is 0. The summed E-state index contributed by atoms with van der Waals surface area (Å²) < 4.78 is 10.7. The highest BCUT2D eigenvalue weighted by atomic mass is 16.6. The molecule has 2 N–H and O–H groups in total. The molecular formula is C13H15N3O3. The number of ether oxygens (including phenoxy) is 1. The van der Waals surface area contributed by atoms with Gasteiger partial charge in [0.2, 0.25) is 0 Å². The summed E-state index contributed by atoms with van der Waals surface area (Å²) in [7, 11) is 0. The third-order valence-electron chi connectivity index (χ3n) is 3.15. The van der Waals surface area contributed by atoms with E-state index in [4.69, 9.17) is 14.9 Å². The second-order valence-corrected chi connectivity index (χ2v) is 4.58. The molecule has 6 nitrogen and oxygen atoms in total. The maximum absolute atomic E-state index is 11.8. The standard InChI is InChI=1S/C13H15N3O3/c1-8-15-11-3-2-9(6-12(11)18-8)16-7-10(4-5-14)19-13(16)17/h2-3,6,10H,4-5,7,14H2,1H3. The molecular weight excluding hydrogens is 246 g/mol. The molecule has 6 heteroatoms. The number of cyclic esters (lactones) is 1. The molecule has 1 aromatic carbocycles. The van der Waals surface area contributed by atoms with E-state index in [1.807, 2.05) is 12.1 Å². The van der Waals surface area contributed by atoms with Gasteiger partial charge in [0.15, 0.2) is 11.5 Å². The number of nitrogens with two attached hydrogens (primary N) is 1. The molecule has 0 spiro atoms. The zero-order chi connectivity index (χ0) is 13.4. The maximum atomic E-state index is 11.8. The molecule has 1 aromatic heterocycles. The van der Waals surface area contributed by atoms with Crippen molar-refractivity contribution in [2.24, 2.45) is 5.73 Å². The van der Waals surface area contributed by atoms with E-state index in [0.717, 1.165) is 11.2 Å². The van der Waals surface area contributed by atoms with Crippen molar-refractivity contribution in [1.29, 1.82) is 0 Å². The zero-order valence-electron chi connectivity index (χ0n) is 10.6. The highest BCUT2D eigenvalue weighted by Gasteiger charge is 2.31. The van der Waals surface area contributed by atoms with Gasteiger partial charge in [-0.15, -0.1) is 0 Å². The van der Waals surface area contributed by atoms with Gasteiger partial charge in [-0.3, -0.25) is 4.90 Å². The first kappa shape index (κ1) is 12.0. The van der Waals surface area contributed by atoms with Crippen LogP contribution in [0.2, 0.25) is 0 Å². The molecule has 2 aromatic rings. The largest absolute Gasteiger partial charge is 0.444 e. The van der Waals surface area contributed by atoms with Crippen molar-refractivity contribution in [2.45, 2.75) is 19.4 Å². The van der Waals surface area contributed by atoms with Gasteiger partial charge < -0.3 is 14.9 Å². The monoisotopic (exact) mass is 261 g/mol. The molecule has 1 atom stereocenters. The Morgan fingerprint density at radius 1 is 1.53 bits per heavy atom. The zero-order valence-corrected chi connectivity index (χ0v) is 10.6. The lowest BCUT2D eigenvalue weighted by molar-refractivity contribution is 0.138. The van der Waals surface area contributed by atoms with Crippen LogP contribution in [-0.2, 0) is 4.74 Å². The van der Waals surface area contributed by atoms with E-state index in [9.17, 15) is 4.79 Å². The topological polar surface area (TPSA) is 81.6 Å². The summed E-state index contributed by atoms with van der Waals surface area (Å²) >= 11 is 0. The van der Waals surface area contributed by atoms with Gasteiger partial charge in [0.25, 0.3) is 0 Å². The van der Waals surface area contributed by atoms with Crippen molar-refractivity contribution < 1.29 is 13.9 Å². The lowest BCUT2D eigenvalue weighted by Crippen LogP contribution is -2.25. The van der Waals surface area contributed by atoms with Crippen LogP contribution >= 0.6 is 0 Å². The number of aromatic nitrogens is 1. The molecule has 1 fully saturated rings. The van der Waals surface area contributed by atoms with E-state index < -0.39 is 0 Å². The summed E-state index contributed by atoms with van der Waals surface area (Å²) in [5.41, 5.74) is 7.70. The minimum Gasteiger partial charge on any atom is -0.444 e. The SMILES string of the molecule is Cc1nc2ccc(N3CC(CCN)OC3=O)cc2o1. The van der Waals surface area contributed by atoms with Gasteiger partial charge in [-0.05, 0) is 25.1 Å². The fourth-order valence-electron chi connectivity index (χ4n) is 2.26. The van der Waals surface area contributed by atoms with Crippen LogP contribution in [0, 0.1) is 6.92 Å². The summed E-state index contributed by atoms with van der Waals surface area (Å²) in [6.07, 6.45) is 0.199. The van der Waals surface area contributed by atoms with Crippen LogP contribution in [0.5, 0.6) is 0 Å². The summed E-state index contributed by atoms with van der Waals surface area (Å²) in [6, 6.07) is 5.49. The average molecular weight is 261 g/mol. The number of aryl methyl sites for hydroxylation is 1. The first-order valence-corrected chi connectivity index (χ1v) is 6.23. The molecule has 19 heavy (non-hydrogen) atoms. The third-order valence-corrected chi connectivity index (χ3v) is 3.15. The van der Waals surface area contributed by atoms with E-state index in [0.29, 0.717) is 31.0 Å². The lowest BCUT2D eigenvalue weighted by Gasteiger charge is -2.12. The quantitative estimate of drug-likeness (QED) is 0.911. The van der Waals surface area contributed by atoms with Crippen molar-refractivity contribution in [3.63, 3.8) is 0 Å². The van der Waals surface area contributed by atoms with Gasteiger partial charge in [-0.25, -0.2) is 9.78 Å². The molecule has 1 unspecified atom stereocenters. The molecule has 1 amide bonds. The van der Waals surface area contributed by atoms with E-state index in [-0.39, 0.29) is 12.2 Å². The van der Waals surface area contributed by atoms with Gasteiger partial charge >= 0.3 is 6.09 Å². The van der Waals surface area contributed by atoms with Gasteiger partial charge in [0.05, 0.1) is 12.2 Å². The average Bonchev–Trinajstić information content (AvgIpc) is 2.90. The van der Waals surface area contributed by atoms with Crippen LogP contribution in [0.3, 0.4) is 0 Å². The van der Waals surface area contributed by atoms with Crippen LogP contribution in [0.25, 0.3) is 11.1 Å². The molecule has 3 rings (SSSR count). The Hall–Kier alpha value is -2.08. The summed E-state index contributed by atoms with van der Waals surface area (Å²) in [4.78, 5) is 17.6. The Bertz CT molecular complexity index is 623. The number of oxazole rings is 1. The first-order valence-electron chi connectivity index (χ1n) is 6.23. The van der Waals surface area contributed by atoms with Gasteiger partial charge in [0.1, 0.15) is 11.6 Å². The van der Waals surface area contributed by atoms with Crippen LogP contribution in [0.15, 0.2) is 22.6 Å². The Kier molecular flexibility index (Phi) is 2.87. The smallest absolute Gasteiger partial charge is 0.414 e. The molecule has 0 radical (unpaired) electrons. The molecule has 100 valence electrons. The number of anilines is 1. The number of benzene rings is 1. The molecule has 0 aliphatic carbocycles. The van der Waals surface area contributed by atoms with Crippen molar-refractivity contribution in [3.8, 4) is 0 Å². The van der Waals surface area contributed by atoms with Crippen LogP contribution in [-0.4, -0.2) is 30.3 Å². The Labute approximate surface area is 110 Å². The van der Waals surface area contributed by atoms with Crippen molar-refractivity contribution >= 4 is 22.9 Å². The van der Waals surface area contributed by atoms with Crippen LogP contribution in [0.1, 0.15) is 12.3 Å². The molecule has 1 aliphatic rings. The van der Waals surface area contributed by atoms with Crippen molar-refractivity contribution in [2.75, 3.05) is 18.0 Å². The summed E-state index contributed by atoms with van der Waals surface area (Å²) in [6.45, 7) is 2.82. The minimum atomic E-state index is -0.339. The molecule has 0 saturated carbocycles. The van der Waals surface area contributed by atoms with E-state index in [1.165, 1.54) is 0 Å². The molecule has 2 heterocycles. The Morgan fingerprint density at radius 2 is 2.37 bits per heavy atom. The van der Waals surface area contributed by atoms with E-state index in [1.54, 1.807) is 17.9 Å². The third kappa shape index (κ3) is 2.15. The van der Waals surface area contributed by atoms with Crippen molar-refractivity contribution in [1.82, 2.24) is 4.98 Å².